The summed E-state index contributed by atoms with van der Waals surface area (Å²) in [6.07, 6.45) is 4.71. The first kappa shape index (κ1) is 24.8. The zero-order chi connectivity index (χ0) is 24.8. The first-order valence-corrected chi connectivity index (χ1v) is 12.6. The van der Waals surface area contributed by atoms with Crippen molar-refractivity contribution in [3.05, 3.63) is 42.1 Å². The van der Waals surface area contributed by atoms with Gasteiger partial charge in [0.25, 0.3) is 5.91 Å². The molecule has 0 radical (unpaired) electrons. The molecule has 3 unspecified atom stereocenters. The molecule has 1 aromatic carbocycles. The van der Waals surface area contributed by atoms with Crippen molar-refractivity contribution in [2.45, 2.75) is 44.2 Å². The lowest BCUT2D eigenvalue weighted by Crippen LogP contribution is -2.45. The van der Waals surface area contributed by atoms with E-state index in [0.29, 0.717) is 34.0 Å². The molecule has 1 saturated carbocycles. The monoisotopic (exact) mass is 499 g/mol. The number of pyridine rings is 1. The van der Waals surface area contributed by atoms with Gasteiger partial charge < -0.3 is 24.8 Å². The second-order valence-corrected chi connectivity index (χ2v) is 9.74. The number of esters is 1. The van der Waals surface area contributed by atoms with Crippen molar-refractivity contribution in [3.8, 4) is 11.5 Å². The summed E-state index contributed by atoms with van der Waals surface area (Å²) in [4.78, 5) is 41.6. The second kappa shape index (κ2) is 11.4. The molecule has 2 N–H and O–H groups in total. The molecule has 2 aromatic rings. The molecule has 1 aromatic heterocycles. The zero-order valence-corrected chi connectivity index (χ0v) is 20.6. The first-order chi connectivity index (χ1) is 16.9. The highest BCUT2D eigenvalue weighted by atomic mass is 32.2. The molecular formula is C25H29N3O6S. The standard InChI is InChI=1S/C25H29N3O6S/c1-15-5-3-7-19(16(15)2)28-22(29)12-32-25(31)18-6-4-10-26-24(18)35-13-23(30)27-17-8-9-20-21(11-17)34-14-33-20/h4,6,8-11,15-16,19H,3,5,7,12-14H2,1-2H3,(H,27,30)(H,28,29). The van der Waals surface area contributed by atoms with Gasteiger partial charge in [-0.15, -0.1) is 0 Å². The maximum Gasteiger partial charge on any atom is 0.341 e. The number of rotatable bonds is 8. The average Bonchev–Trinajstić information content (AvgIpc) is 3.32. The second-order valence-electron chi connectivity index (χ2n) is 8.78. The van der Waals surface area contributed by atoms with E-state index >= 15 is 0 Å². The van der Waals surface area contributed by atoms with E-state index in [9.17, 15) is 14.4 Å². The Morgan fingerprint density at radius 3 is 2.80 bits per heavy atom. The molecule has 0 spiro atoms. The fourth-order valence-corrected chi connectivity index (χ4v) is 4.99. The van der Waals surface area contributed by atoms with Crippen LogP contribution in [0.2, 0.25) is 0 Å². The molecule has 35 heavy (non-hydrogen) atoms. The van der Waals surface area contributed by atoms with E-state index in [1.165, 1.54) is 12.6 Å². The molecule has 0 bridgehead atoms. The van der Waals surface area contributed by atoms with Crippen LogP contribution < -0.4 is 20.1 Å². The Morgan fingerprint density at radius 2 is 1.94 bits per heavy atom. The van der Waals surface area contributed by atoms with E-state index in [0.717, 1.165) is 24.6 Å². The summed E-state index contributed by atoms with van der Waals surface area (Å²) in [7, 11) is 0. The molecule has 1 aliphatic heterocycles. The summed E-state index contributed by atoms with van der Waals surface area (Å²) in [6.45, 7) is 4.13. The molecule has 3 atom stereocenters. The van der Waals surface area contributed by atoms with Crippen LogP contribution >= 0.6 is 11.8 Å². The molecule has 2 aliphatic rings. The van der Waals surface area contributed by atoms with Crippen molar-refractivity contribution in [1.82, 2.24) is 10.3 Å². The topological polar surface area (TPSA) is 116 Å². The van der Waals surface area contributed by atoms with E-state index in [2.05, 4.69) is 29.5 Å². The highest BCUT2D eigenvalue weighted by Crippen LogP contribution is 2.34. The van der Waals surface area contributed by atoms with Gasteiger partial charge in [-0.1, -0.05) is 38.5 Å². The molecule has 1 aliphatic carbocycles. The highest BCUT2D eigenvalue weighted by molar-refractivity contribution is 8.00. The number of hydrogen-bond acceptors (Lipinski definition) is 8. The number of anilines is 1. The average molecular weight is 500 g/mol. The lowest BCUT2D eigenvalue weighted by Gasteiger charge is -2.34. The third kappa shape index (κ3) is 6.45. The number of amides is 2. The molecule has 0 saturated heterocycles. The normalized spacial score (nSPS) is 20.7. The number of carbonyl (C=O) groups is 3. The highest BCUT2D eigenvalue weighted by Gasteiger charge is 2.28. The van der Waals surface area contributed by atoms with E-state index in [-0.39, 0.29) is 42.6 Å². The number of hydrogen-bond donors (Lipinski definition) is 2. The lowest BCUT2D eigenvalue weighted by molar-refractivity contribution is -0.125. The SMILES string of the molecule is CC1CCCC(NC(=O)COC(=O)c2cccnc2SCC(=O)Nc2ccc3c(c2)OCO3)C1C. The predicted octanol–water partition coefficient (Wildman–Crippen LogP) is 3.64. The molecule has 186 valence electrons. The molecule has 9 nitrogen and oxygen atoms in total. The third-order valence-corrected chi connectivity index (χ3v) is 7.38. The van der Waals surface area contributed by atoms with Gasteiger partial charge in [0, 0.05) is 24.0 Å². The summed E-state index contributed by atoms with van der Waals surface area (Å²) in [6, 6.07) is 8.41. The molecule has 4 rings (SSSR count). The minimum atomic E-state index is -0.656. The zero-order valence-electron chi connectivity index (χ0n) is 19.7. The smallest absolute Gasteiger partial charge is 0.341 e. The number of nitrogens with one attached hydrogen (secondary N) is 2. The van der Waals surface area contributed by atoms with Gasteiger partial charge in [0.2, 0.25) is 12.7 Å². The number of nitrogens with zero attached hydrogens (tertiary/aromatic N) is 1. The van der Waals surface area contributed by atoms with Gasteiger partial charge in [0.15, 0.2) is 18.1 Å². The van der Waals surface area contributed by atoms with Gasteiger partial charge >= 0.3 is 5.97 Å². The van der Waals surface area contributed by atoms with E-state index in [1.807, 2.05) is 0 Å². The number of fused-ring (bicyclic) bond motifs is 1. The maximum atomic E-state index is 12.6. The fraction of sp³-hybridized carbons (Fsp3) is 0.440. The van der Waals surface area contributed by atoms with Gasteiger partial charge in [-0.2, -0.15) is 0 Å². The number of carbonyl (C=O) groups excluding carboxylic acids is 3. The molecular weight excluding hydrogens is 470 g/mol. The van der Waals surface area contributed by atoms with Crippen molar-refractivity contribution < 1.29 is 28.6 Å². The van der Waals surface area contributed by atoms with Crippen LogP contribution in [0.5, 0.6) is 11.5 Å². The Balaban J connectivity index is 1.27. The Kier molecular flexibility index (Phi) is 8.12. The van der Waals surface area contributed by atoms with Gasteiger partial charge in [0.05, 0.1) is 11.3 Å². The van der Waals surface area contributed by atoms with E-state index in [1.54, 1.807) is 30.3 Å². The number of benzene rings is 1. The number of thioether (sulfide) groups is 1. The van der Waals surface area contributed by atoms with E-state index < -0.39 is 5.97 Å². The van der Waals surface area contributed by atoms with E-state index in [4.69, 9.17) is 14.2 Å². The van der Waals surface area contributed by atoms with Crippen LogP contribution in [0.25, 0.3) is 0 Å². The molecule has 1 fully saturated rings. The van der Waals surface area contributed by atoms with Crippen molar-refractivity contribution >= 4 is 35.2 Å². The quantitative estimate of drug-likeness (QED) is 0.418. The van der Waals surface area contributed by atoms with Crippen LogP contribution in [0.3, 0.4) is 0 Å². The van der Waals surface area contributed by atoms with Crippen LogP contribution in [0, 0.1) is 11.8 Å². The Hall–Kier alpha value is -3.27. The summed E-state index contributed by atoms with van der Waals surface area (Å²) in [5.41, 5.74) is 0.786. The van der Waals surface area contributed by atoms with Crippen LogP contribution in [-0.4, -0.2) is 48.0 Å². The van der Waals surface area contributed by atoms with Crippen LogP contribution in [-0.2, 0) is 14.3 Å². The summed E-state index contributed by atoms with van der Waals surface area (Å²) >= 11 is 1.11. The lowest BCUT2D eigenvalue weighted by atomic mass is 9.78. The Morgan fingerprint density at radius 1 is 1.11 bits per heavy atom. The van der Waals surface area contributed by atoms with Gasteiger partial charge in [-0.3, -0.25) is 9.59 Å². The van der Waals surface area contributed by atoms with Gasteiger partial charge in [0.1, 0.15) is 5.03 Å². The van der Waals surface area contributed by atoms with Crippen LogP contribution in [0.1, 0.15) is 43.5 Å². The summed E-state index contributed by atoms with van der Waals surface area (Å²) in [5.74, 6) is 0.926. The minimum absolute atomic E-state index is 0.0317. The van der Waals surface area contributed by atoms with Crippen molar-refractivity contribution in [2.24, 2.45) is 11.8 Å². The number of aromatic nitrogens is 1. The van der Waals surface area contributed by atoms with Crippen molar-refractivity contribution in [3.63, 3.8) is 0 Å². The van der Waals surface area contributed by atoms with Crippen LogP contribution in [0.15, 0.2) is 41.6 Å². The Bertz CT molecular complexity index is 1090. The predicted molar refractivity (Wildman–Crippen MR) is 131 cm³/mol. The first-order valence-electron chi connectivity index (χ1n) is 11.6. The molecule has 2 heterocycles. The Labute approximate surface area is 208 Å². The number of ether oxygens (including phenoxy) is 3. The molecule has 10 heteroatoms. The maximum absolute atomic E-state index is 12.6. The largest absolute Gasteiger partial charge is 0.454 e. The summed E-state index contributed by atoms with van der Waals surface area (Å²) in [5, 5.41) is 6.13. The van der Waals surface area contributed by atoms with Gasteiger partial charge in [-0.05, 0) is 42.5 Å². The van der Waals surface area contributed by atoms with Crippen LogP contribution in [0.4, 0.5) is 5.69 Å². The summed E-state index contributed by atoms with van der Waals surface area (Å²) < 4.78 is 15.8. The van der Waals surface area contributed by atoms with Gasteiger partial charge in [-0.25, -0.2) is 9.78 Å². The minimum Gasteiger partial charge on any atom is -0.454 e. The molecule has 2 amide bonds. The fourth-order valence-electron chi connectivity index (χ4n) is 4.21. The van der Waals surface area contributed by atoms with Crippen molar-refractivity contribution in [1.29, 1.82) is 0 Å². The van der Waals surface area contributed by atoms with Crippen molar-refractivity contribution in [2.75, 3.05) is 24.5 Å². The third-order valence-electron chi connectivity index (χ3n) is 6.37.